The van der Waals surface area contributed by atoms with Gasteiger partial charge in [-0.2, -0.15) is 0 Å². The van der Waals surface area contributed by atoms with Gasteiger partial charge in [-0.25, -0.2) is 4.79 Å². The smallest absolute Gasteiger partial charge is 0.327 e. The average molecular weight is 235 g/mol. The highest BCUT2D eigenvalue weighted by Crippen LogP contribution is 2.12. The molecule has 0 bridgehead atoms. The molecule has 15 heavy (non-hydrogen) atoms. The Labute approximate surface area is 91.0 Å². The van der Waals surface area contributed by atoms with Crippen molar-refractivity contribution in [1.82, 2.24) is 5.32 Å². The second-order valence-corrected chi connectivity index (χ2v) is 4.28. The molecule has 0 aromatic heterocycles. The molecule has 0 spiro atoms. The van der Waals surface area contributed by atoms with E-state index in [1.54, 1.807) is 0 Å². The van der Waals surface area contributed by atoms with Gasteiger partial charge in [-0.3, -0.25) is 9.59 Å². The van der Waals surface area contributed by atoms with E-state index in [1.807, 2.05) is 0 Å². The SMILES string of the molecule is CC(=O)N[C@@H](CSC(C)C(=O)O)C(=O)O. The monoisotopic (exact) mass is 235 g/mol. The highest BCUT2D eigenvalue weighted by Gasteiger charge is 2.21. The summed E-state index contributed by atoms with van der Waals surface area (Å²) in [6.45, 7) is 2.67. The number of carbonyl (C=O) groups is 3. The Kier molecular flexibility index (Phi) is 5.76. The number of nitrogens with one attached hydrogen (secondary N) is 1. The highest BCUT2D eigenvalue weighted by molar-refractivity contribution is 8.00. The van der Waals surface area contributed by atoms with Crippen LogP contribution in [0.5, 0.6) is 0 Å². The lowest BCUT2D eigenvalue weighted by atomic mass is 10.3. The molecule has 0 heterocycles. The van der Waals surface area contributed by atoms with Crippen LogP contribution in [-0.4, -0.2) is 45.1 Å². The molecule has 0 rings (SSSR count). The Hall–Kier alpha value is -1.24. The number of hydrogen-bond acceptors (Lipinski definition) is 4. The molecule has 0 saturated heterocycles. The van der Waals surface area contributed by atoms with Crippen molar-refractivity contribution in [2.45, 2.75) is 25.1 Å². The second-order valence-electron chi connectivity index (χ2n) is 2.91. The lowest BCUT2D eigenvalue weighted by Gasteiger charge is -2.14. The lowest BCUT2D eigenvalue weighted by molar-refractivity contribution is -0.141. The van der Waals surface area contributed by atoms with E-state index in [4.69, 9.17) is 10.2 Å². The van der Waals surface area contributed by atoms with Gasteiger partial charge in [0.05, 0.1) is 5.25 Å². The van der Waals surface area contributed by atoms with Gasteiger partial charge in [0, 0.05) is 12.7 Å². The van der Waals surface area contributed by atoms with E-state index in [2.05, 4.69) is 5.32 Å². The molecule has 1 amide bonds. The summed E-state index contributed by atoms with van der Waals surface area (Å²) in [6.07, 6.45) is 0. The van der Waals surface area contributed by atoms with Crippen molar-refractivity contribution in [3.05, 3.63) is 0 Å². The van der Waals surface area contributed by atoms with Crippen molar-refractivity contribution in [3.63, 3.8) is 0 Å². The minimum Gasteiger partial charge on any atom is -0.480 e. The third kappa shape index (κ3) is 5.95. The average Bonchev–Trinajstić information content (AvgIpc) is 2.10. The van der Waals surface area contributed by atoms with Crippen LogP contribution in [0.2, 0.25) is 0 Å². The summed E-state index contributed by atoms with van der Waals surface area (Å²) in [4.78, 5) is 31.7. The van der Waals surface area contributed by atoms with Gasteiger partial charge < -0.3 is 15.5 Å². The molecule has 0 aromatic carbocycles. The van der Waals surface area contributed by atoms with Gasteiger partial charge in [0.15, 0.2) is 0 Å². The zero-order chi connectivity index (χ0) is 12.0. The predicted octanol–water partition coefficient (Wildman–Crippen LogP) is -0.218. The van der Waals surface area contributed by atoms with Crippen LogP contribution in [0.3, 0.4) is 0 Å². The molecule has 0 aliphatic carbocycles. The number of carbonyl (C=O) groups excluding carboxylic acids is 1. The third-order valence-electron chi connectivity index (χ3n) is 1.54. The van der Waals surface area contributed by atoms with E-state index in [-0.39, 0.29) is 5.75 Å². The second kappa shape index (κ2) is 6.28. The fraction of sp³-hybridized carbons (Fsp3) is 0.625. The summed E-state index contributed by atoms with van der Waals surface area (Å²) in [6, 6.07) is -1.05. The van der Waals surface area contributed by atoms with Crippen LogP contribution in [0.25, 0.3) is 0 Å². The maximum atomic E-state index is 10.6. The van der Waals surface area contributed by atoms with E-state index in [0.717, 1.165) is 11.8 Å². The Morgan fingerprint density at radius 2 is 1.80 bits per heavy atom. The van der Waals surface area contributed by atoms with Crippen LogP contribution in [0.15, 0.2) is 0 Å². The standard InChI is InChI=1S/C8H13NO5S/c1-4(7(11)12)15-3-6(8(13)14)9-5(2)10/h4,6H,3H2,1-2H3,(H,9,10)(H,11,12)(H,13,14)/t4?,6-/m0/s1. The van der Waals surface area contributed by atoms with Crippen molar-refractivity contribution in [2.24, 2.45) is 0 Å². The lowest BCUT2D eigenvalue weighted by Crippen LogP contribution is -2.42. The van der Waals surface area contributed by atoms with E-state index in [0.29, 0.717) is 0 Å². The molecule has 0 aliphatic heterocycles. The van der Waals surface area contributed by atoms with Crippen molar-refractivity contribution in [3.8, 4) is 0 Å². The molecule has 1 unspecified atom stereocenters. The Balaban J connectivity index is 4.13. The zero-order valence-corrected chi connectivity index (χ0v) is 9.21. The topological polar surface area (TPSA) is 104 Å². The summed E-state index contributed by atoms with van der Waals surface area (Å²) in [5, 5.41) is 18.8. The van der Waals surface area contributed by atoms with Crippen LogP contribution in [0.1, 0.15) is 13.8 Å². The van der Waals surface area contributed by atoms with E-state index in [9.17, 15) is 14.4 Å². The number of carboxylic acids is 2. The maximum Gasteiger partial charge on any atom is 0.327 e. The number of hydrogen-bond donors (Lipinski definition) is 3. The summed E-state index contributed by atoms with van der Waals surface area (Å²) in [5.74, 6) is -2.60. The fourth-order valence-corrected chi connectivity index (χ4v) is 1.58. The van der Waals surface area contributed by atoms with Crippen molar-refractivity contribution in [2.75, 3.05) is 5.75 Å². The molecular weight excluding hydrogens is 222 g/mol. The van der Waals surface area contributed by atoms with Gasteiger partial charge in [0.2, 0.25) is 5.91 Å². The van der Waals surface area contributed by atoms with Gasteiger partial charge in [-0.15, -0.1) is 11.8 Å². The molecule has 86 valence electrons. The first kappa shape index (κ1) is 13.8. The molecule has 0 aromatic rings. The van der Waals surface area contributed by atoms with Crippen LogP contribution < -0.4 is 5.32 Å². The van der Waals surface area contributed by atoms with Gasteiger partial charge in [0.25, 0.3) is 0 Å². The van der Waals surface area contributed by atoms with E-state index < -0.39 is 29.1 Å². The number of rotatable bonds is 6. The van der Waals surface area contributed by atoms with Crippen molar-refractivity contribution in [1.29, 1.82) is 0 Å². The number of aliphatic carboxylic acids is 2. The van der Waals surface area contributed by atoms with Gasteiger partial charge in [0.1, 0.15) is 6.04 Å². The van der Waals surface area contributed by atoms with Crippen LogP contribution in [0, 0.1) is 0 Å². The Bertz CT molecular complexity index is 268. The molecule has 2 atom stereocenters. The molecule has 0 fully saturated rings. The van der Waals surface area contributed by atoms with Crippen molar-refractivity contribution < 1.29 is 24.6 Å². The number of carboxylic acid groups (broad SMARTS) is 2. The normalized spacial score (nSPS) is 14.0. The molecule has 7 heteroatoms. The summed E-state index contributed by atoms with van der Waals surface area (Å²) >= 11 is 0.968. The molecule has 6 nitrogen and oxygen atoms in total. The summed E-state index contributed by atoms with van der Waals surface area (Å²) in [5.41, 5.74) is 0. The van der Waals surface area contributed by atoms with Gasteiger partial charge >= 0.3 is 11.9 Å². The fourth-order valence-electron chi connectivity index (χ4n) is 0.732. The molecular formula is C8H13NO5S. The van der Waals surface area contributed by atoms with Gasteiger partial charge in [-0.1, -0.05) is 0 Å². The van der Waals surface area contributed by atoms with E-state index >= 15 is 0 Å². The van der Waals surface area contributed by atoms with Crippen molar-refractivity contribution >= 4 is 29.6 Å². The van der Waals surface area contributed by atoms with Gasteiger partial charge in [-0.05, 0) is 6.92 Å². The maximum absolute atomic E-state index is 10.6. The van der Waals surface area contributed by atoms with E-state index in [1.165, 1.54) is 13.8 Å². The number of amides is 1. The summed E-state index contributed by atoms with van der Waals surface area (Å²) in [7, 11) is 0. The van der Waals surface area contributed by atoms with Crippen LogP contribution in [-0.2, 0) is 14.4 Å². The zero-order valence-electron chi connectivity index (χ0n) is 8.39. The molecule has 0 radical (unpaired) electrons. The Morgan fingerprint density at radius 1 is 1.27 bits per heavy atom. The molecule has 0 saturated carbocycles. The molecule has 3 N–H and O–H groups in total. The summed E-state index contributed by atoms with van der Waals surface area (Å²) < 4.78 is 0. The largest absolute Gasteiger partial charge is 0.480 e. The first-order valence-corrected chi connectivity index (χ1v) is 5.23. The molecule has 0 aliphatic rings. The minimum atomic E-state index is -1.17. The predicted molar refractivity (Wildman–Crippen MR) is 54.8 cm³/mol. The minimum absolute atomic E-state index is 0.0301. The quantitative estimate of drug-likeness (QED) is 0.588. The third-order valence-corrected chi connectivity index (χ3v) is 2.76. The Morgan fingerprint density at radius 3 is 2.13 bits per heavy atom. The first-order valence-electron chi connectivity index (χ1n) is 4.19. The highest BCUT2D eigenvalue weighted by atomic mass is 32.2. The van der Waals surface area contributed by atoms with Crippen LogP contribution in [0.4, 0.5) is 0 Å². The first-order chi connectivity index (χ1) is 6.84. The number of thioether (sulfide) groups is 1. The van der Waals surface area contributed by atoms with Crippen LogP contribution >= 0.6 is 11.8 Å².